The molecule has 1 rings (SSSR count). The molecule has 2 N–H and O–H groups in total. The molecular formula is C12H24N2O3S. The van der Waals surface area contributed by atoms with E-state index in [9.17, 15) is 13.2 Å². The van der Waals surface area contributed by atoms with Crippen molar-refractivity contribution < 1.29 is 13.2 Å². The van der Waals surface area contributed by atoms with Gasteiger partial charge in [-0.25, -0.2) is 8.42 Å². The Labute approximate surface area is 110 Å². The Bertz CT molecular complexity index is 409. The summed E-state index contributed by atoms with van der Waals surface area (Å²) < 4.78 is 22.2. The van der Waals surface area contributed by atoms with Crippen LogP contribution in [0.3, 0.4) is 0 Å². The molecule has 0 saturated carbocycles. The van der Waals surface area contributed by atoms with Crippen molar-refractivity contribution in [1.29, 1.82) is 0 Å². The molecule has 6 heteroatoms. The van der Waals surface area contributed by atoms with Gasteiger partial charge in [0.2, 0.25) is 5.91 Å². The first-order valence-corrected chi connectivity index (χ1v) is 8.21. The van der Waals surface area contributed by atoms with Gasteiger partial charge in [-0.05, 0) is 46.6 Å². The summed E-state index contributed by atoms with van der Waals surface area (Å²) in [5, 5.41) is 5.97. The Balaban J connectivity index is 2.61. The van der Waals surface area contributed by atoms with Gasteiger partial charge in [-0.15, -0.1) is 0 Å². The van der Waals surface area contributed by atoms with Gasteiger partial charge in [-0.3, -0.25) is 4.79 Å². The standard InChI is InChI=1S/C12H24N2O3S/c1-11(2,18(4,16)17)9-13-10(15)12(3)7-5-6-8-14-12/h14H,5-9H2,1-4H3,(H,13,15). The smallest absolute Gasteiger partial charge is 0.240 e. The van der Waals surface area contributed by atoms with E-state index in [0.29, 0.717) is 0 Å². The molecule has 0 bridgehead atoms. The molecule has 0 aliphatic carbocycles. The fraction of sp³-hybridized carbons (Fsp3) is 0.917. The van der Waals surface area contributed by atoms with Crippen LogP contribution < -0.4 is 10.6 Å². The monoisotopic (exact) mass is 276 g/mol. The van der Waals surface area contributed by atoms with Gasteiger partial charge in [0.25, 0.3) is 0 Å². The van der Waals surface area contributed by atoms with Crippen molar-refractivity contribution in [1.82, 2.24) is 10.6 Å². The van der Waals surface area contributed by atoms with Crippen molar-refractivity contribution in [3.05, 3.63) is 0 Å². The highest BCUT2D eigenvalue weighted by Crippen LogP contribution is 2.20. The highest BCUT2D eigenvalue weighted by atomic mass is 32.2. The summed E-state index contributed by atoms with van der Waals surface area (Å²) in [6, 6.07) is 0. The van der Waals surface area contributed by atoms with Crippen molar-refractivity contribution in [2.45, 2.75) is 50.3 Å². The van der Waals surface area contributed by atoms with Crippen LogP contribution in [0, 0.1) is 0 Å². The van der Waals surface area contributed by atoms with Crippen LogP contribution in [-0.4, -0.2) is 44.0 Å². The minimum atomic E-state index is -3.18. The fourth-order valence-electron chi connectivity index (χ4n) is 1.87. The highest BCUT2D eigenvalue weighted by molar-refractivity contribution is 7.92. The summed E-state index contributed by atoms with van der Waals surface area (Å²) >= 11 is 0. The molecular weight excluding hydrogens is 252 g/mol. The lowest BCUT2D eigenvalue weighted by Gasteiger charge is -2.34. The van der Waals surface area contributed by atoms with Crippen molar-refractivity contribution in [3.63, 3.8) is 0 Å². The normalized spacial score (nSPS) is 25.8. The summed E-state index contributed by atoms with van der Waals surface area (Å²) in [5.74, 6) is -0.112. The second-order valence-corrected chi connectivity index (χ2v) is 8.58. The summed E-state index contributed by atoms with van der Waals surface area (Å²) in [6.07, 6.45) is 4.09. The van der Waals surface area contributed by atoms with Crippen molar-refractivity contribution in [2.75, 3.05) is 19.3 Å². The van der Waals surface area contributed by atoms with Gasteiger partial charge >= 0.3 is 0 Å². The first kappa shape index (κ1) is 15.4. The van der Waals surface area contributed by atoms with Gasteiger partial charge in [0.1, 0.15) is 0 Å². The van der Waals surface area contributed by atoms with Crippen LogP contribution >= 0.6 is 0 Å². The van der Waals surface area contributed by atoms with E-state index < -0.39 is 20.1 Å². The van der Waals surface area contributed by atoms with E-state index in [1.54, 1.807) is 13.8 Å². The minimum Gasteiger partial charge on any atom is -0.353 e. The molecule has 1 saturated heterocycles. The number of amides is 1. The van der Waals surface area contributed by atoms with Gasteiger partial charge in [0.05, 0.1) is 10.3 Å². The lowest BCUT2D eigenvalue weighted by molar-refractivity contribution is -0.128. The van der Waals surface area contributed by atoms with E-state index in [4.69, 9.17) is 0 Å². The SMILES string of the molecule is CC1(C(=O)NCC(C)(C)S(C)(=O)=O)CCCCN1. The summed E-state index contributed by atoms with van der Waals surface area (Å²) in [7, 11) is -3.18. The van der Waals surface area contributed by atoms with Gasteiger partial charge in [0, 0.05) is 12.8 Å². The highest BCUT2D eigenvalue weighted by Gasteiger charge is 2.36. The van der Waals surface area contributed by atoms with Crippen molar-refractivity contribution in [2.24, 2.45) is 0 Å². The largest absolute Gasteiger partial charge is 0.353 e. The molecule has 1 aliphatic heterocycles. The number of sulfone groups is 1. The molecule has 1 amide bonds. The number of piperidine rings is 1. The van der Waals surface area contributed by atoms with Crippen LogP contribution in [0.15, 0.2) is 0 Å². The average Bonchev–Trinajstić information content (AvgIpc) is 2.25. The topological polar surface area (TPSA) is 75.3 Å². The quantitative estimate of drug-likeness (QED) is 0.782. The third-order valence-corrected chi connectivity index (χ3v) is 5.95. The maximum absolute atomic E-state index is 12.1. The second kappa shape index (κ2) is 5.17. The van der Waals surface area contributed by atoms with Crippen LogP contribution in [0.2, 0.25) is 0 Å². The van der Waals surface area contributed by atoms with Crippen LogP contribution in [0.5, 0.6) is 0 Å². The van der Waals surface area contributed by atoms with E-state index in [0.717, 1.165) is 25.8 Å². The Kier molecular flexibility index (Phi) is 4.43. The van der Waals surface area contributed by atoms with Crippen molar-refractivity contribution >= 4 is 15.7 Å². The van der Waals surface area contributed by atoms with E-state index in [-0.39, 0.29) is 12.5 Å². The molecule has 0 aromatic rings. The molecule has 1 aliphatic rings. The number of hydrogen-bond donors (Lipinski definition) is 2. The second-order valence-electron chi connectivity index (χ2n) is 5.93. The third kappa shape index (κ3) is 3.45. The first-order chi connectivity index (χ1) is 8.08. The van der Waals surface area contributed by atoms with Crippen molar-refractivity contribution in [3.8, 4) is 0 Å². The average molecular weight is 276 g/mol. The molecule has 106 valence electrons. The van der Waals surface area contributed by atoms with E-state index in [1.165, 1.54) is 6.26 Å². The Morgan fingerprint density at radius 3 is 2.44 bits per heavy atom. The Morgan fingerprint density at radius 1 is 1.39 bits per heavy atom. The zero-order valence-corrected chi connectivity index (χ0v) is 12.5. The van der Waals surface area contributed by atoms with Gasteiger partial charge in [-0.1, -0.05) is 0 Å². The third-order valence-electron chi connectivity index (χ3n) is 3.80. The number of carbonyl (C=O) groups excluding carboxylic acids is 1. The van der Waals surface area contributed by atoms with Gasteiger partial charge in [-0.2, -0.15) is 0 Å². The molecule has 0 aromatic carbocycles. The van der Waals surface area contributed by atoms with E-state index in [2.05, 4.69) is 10.6 Å². The Hall–Kier alpha value is -0.620. The molecule has 18 heavy (non-hydrogen) atoms. The lowest BCUT2D eigenvalue weighted by Crippen LogP contribution is -2.58. The van der Waals surface area contributed by atoms with Crippen LogP contribution in [0.1, 0.15) is 40.0 Å². The summed E-state index contributed by atoms with van der Waals surface area (Å²) in [5.41, 5.74) is -0.564. The summed E-state index contributed by atoms with van der Waals surface area (Å²) in [6.45, 7) is 6.09. The fourth-order valence-corrected chi connectivity index (χ4v) is 2.20. The predicted octanol–water partition coefficient (Wildman–Crippen LogP) is 0.458. The summed E-state index contributed by atoms with van der Waals surface area (Å²) in [4.78, 5) is 12.1. The van der Waals surface area contributed by atoms with Gasteiger partial charge < -0.3 is 10.6 Å². The van der Waals surface area contributed by atoms with Gasteiger partial charge in [0.15, 0.2) is 9.84 Å². The number of rotatable bonds is 4. The molecule has 1 heterocycles. The van der Waals surface area contributed by atoms with Crippen LogP contribution in [0.4, 0.5) is 0 Å². The maximum Gasteiger partial charge on any atom is 0.240 e. The molecule has 1 fully saturated rings. The number of carbonyl (C=O) groups is 1. The minimum absolute atomic E-state index is 0.112. The zero-order valence-electron chi connectivity index (χ0n) is 11.7. The molecule has 0 radical (unpaired) electrons. The van der Waals surface area contributed by atoms with E-state index >= 15 is 0 Å². The number of hydrogen-bond acceptors (Lipinski definition) is 4. The predicted molar refractivity (Wildman–Crippen MR) is 72.2 cm³/mol. The van der Waals surface area contributed by atoms with Crippen LogP contribution in [0.25, 0.3) is 0 Å². The molecule has 0 aromatic heterocycles. The lowest BCUT2D eigenvalue weighted by atomic mass is 9.90. The maximum atomic E-state index is 12.1. The van der Waals surface area contributed by atoms with E-state index in [1.807, 2.05) is 6.92 Å². The Morgan fingerprint density at radius 2 is 2.00 bits per heavy atom. The number of nitrogens with one attached hydrogen (secondary N) is 2. The molecule has 1 atom stereocenters. The molecule has 1 unspecified atom stereocenters. The van der Waals surface area contributed by atoms with Crippen LogP contribution in [-0.2, 0) is 14.6 Å². The first-order valence-electron chi connectivity index (χ1n) is 6.31. The molecule has 5 nitrogen and oxygen atoms in total. The zero-order chi connectivity index (χ0) is 14.0. The molecule has 0 spiro atoms.